The smallest absolute Gasteiger partial charge is 0.305 e. The zero-order chi connectivity index (χ0) is 17.5. The van der Waals surface area contributed by atoms with Crippen molar-refractivity contribution >= 4 is 11.9 Å². The van der Waals surface area contributed by atoms with E-state index in [0.29, 0.717) is 11.3 Å². The number of carboxylic acid groups (broad SMARTS) is 1. The number of hydrogen-bond donors (Lipinski definition) is 2. The molecule has 5 heteroatoms. The van der Waals surface area contributed by atoms with E-state index in [1.165, 1.54) is 0 Å². The Bertz CT molecular complexity index is 680. The van der Waals surface area contributed by atoms with Gasteiger partial charge in [-0.3, -0.25) is 9.59 Å². The molecular weight excluding hydrogens is 306 g/mol. The zero-order valence-corrected chi connectivity index (χ0v) is 13.7. The van der Waals surface area contributed by atoms with Crippen molar-refractivity contribution in [2.75, 3.05) is 0 Å². The van der Waals surface area contributed by atoms with Gasteiger partial charge in [-0.2, -0.15) is 0 Å². The maximum Gasteiger partial charge on any atom is 0.305 e. The monoisotopic (exact) mass is 327 g/mol. The second-order valence-electron chi connectivity index (χ2n) is 5.73. The summed E-state index contributed by atoms with van der Waals surface area (Å²) in [5, 5.41) is 11.9. The lowest BCUT2D eigenvalue weighted by atomic mass is 10.0. The number of carbonyl (C=O) groups excluding carboxylic acids is 1. The fraction of sp³-hybridized carbons (Fsp3) is 0.263. The van der Waals surface area contributed by atoms with Gasteiger partial charge in [-0.25, -0.2) is 0 Å². The maximum absolute atomic E-state index is 12.3. The molecule has 0 aliphatic carbocycles. The second kappa shape index (κ2) is 8.15. The lowest BCUT2D eigenvalue weighted by Gasteiger charge is -2.18. The molecule has 0 heterocycles. The zero-order valence-electron chi connectivity index (χ0n) is 13.7. The van der Waals surface area contributed by atoms with Crippen molar-refractivity contribution in [2.45, 2.75) is 32.4 Å². The molecular formula is C19H21NO4. The number of nitrogens with one attached hydrogen (secondary N) is 1. The molecule has 0 saturated carbocycles. The highest BCUT2D eigenvalue weighted by atomic mass is 16.5. The highest BCUT2D eigenvalue weighted by Crippen LogP contribution is 2.21. The fourth-order valence-electron chi connectivity index (χ4n) is 2.31. The Balaban J connectivity index is 2.15. The molecule has 0 aromatic heterocycles. The van der Waals surface area contributed by atoms with E-state index < -0.39 is 12.0 Å². The molecule has 2 aromatic rings. The van der Waals surface area contributed by atoms with Gasteiger partial charge in [0.05, 0.1) is 18.6 Å². The van der Waals surface area contributed by atoms with E-state index in [2.05, 4.69) is 5.32 Å². The van der Waals surface area contributed by atoms with Crippen molar-refractivity contribution in [1.82, 2.24) is 5.32 Å². The number of aliphatic carboxylic acids is 1. The summed E-state index contributed by atoms with van der Waals surface area (Å²) in [4.78, 5) is 23.4. The van der Waals surface area contributed by atoms with Gasteiger partial charge < -0.3 is 15.2 Å². The molecule has 2 aromatic carbocycles. The van der Waals surface area contributed by atoms with Crippen LogP contribution >= 0.6 is 0 Å². The minimum atomic E-state index is -0.976. The molecule has 0 unspecified atom stereocenters. The van der Waals surface area contributed by atoms with Crippen LogP contribution in [0.25, 0.3) is 0 Å². The predicted octanol–water partition coefficient (Wildman–Crippen LogP) is 3.42. The van der Waals surface area contributed by atoms with Crippen LogP contribution in [0.2, 0.25) is 0 Å². The Kier molecular flexibility index (Phi) is 5.95. The molecule has 1 atom stereocenters. The van der Waals surface area contributed by atoms with E-state index in [4.69, 9.17) is 9.84 Å². The van der Waals surface area contributed by atoms with E-state index in [0.717, 1.165) is 5.56 Å². The summed E-state index contributed by atoms with van der Waals surface area (Å²) in [7, 11) is 0. The molecule has 0 spiro atoms. The Morgan fingerprint density at radius 2 is 1.67 bits per heavy atom. The third-order valence-electron chi connectivity index (χ3n) is 3.37. The van der Waals surface area contributed by atoms with Gasteiger partial charge in [0.1, 0.15) is 5.75 Å². The van der Waals surface area contributed by atoms with Gasteiger partial charge in [0.2, 0.25) is 0 Å². The highest BCUT2D eigenvalue weighted by molar-refractivity contribution is 5.94. The van der Waals surface area contributed by atoms with E-state index in [9.17, 15) is 9.59 Å². The number of carbonyl (C=O) groups is 2. The van der Waals surface area contributed by atoms with Gasteiger partial charge in [-0.15, -0.1) is 0 Å². The number of ether oxygens (including phenoxy) is 1. The van der Waals surface area contributed by atoms with Crippen molar-refractivity contribution in [1.29, 1.82) is 0 Å². The molecule has 24 heavy (non-hydrogen) atoms. The topological polar surface area (TPSA) is 75.6 Å². The Hall–Kier alpha value is -2.82. The molecule has 0 saturated heterocycles. The Labute approximate surface area is 141 Å². The number of hydrogen-bond acceptors (Lipinski definition) is 3. The first-order chi connectivity index (χ1) is 11.5. The van der Waals surface area contributed by atoms with Gasteiger partial charge in [0.15, 0.2) is 0 Å². The van der Waals surface area contributed by atoms with Gasteiger partial charge in [0, 0.05) is 5.56 Å². The highest BCUT2D eigenvalue weighted by Gasteiger charge is 2.19. The van der Waals surface area contributed by atoms with Crippen LogP contribution in [0.1, 0.15) is 42.2 Å². The largest absolute Gasteiger partial charge is 0.491 e. The molecule has 1 amide bonds. The summed E-state index contributed by atoms with van der Waals surface area (Å²) in [6.45, 7) is 3.86. The van der Waals surface area contributed by atoms with Gasteiger partial charge in [-0.1, -0.05) is 30.3 Å². The van der Waals surface area contributed by atoms with Crippen molar-refractivity contribution in [2.24, 2.45) is 0 Å². The summed E-state index contributed by atoms with van der Waals surface area (Å²) in [5.74, 6) is -0.572. The summed E-state index contributed by atoms with van der Waals surface area (Å²) >= 11 is 0. The van der Waals surface area contributed by atoms with Gasteiger partial charge in [0.25, 0.3) is 5.91 Å². The number of rotatable bonds is 7. The quantitative estimate of drug-likeness (QED) is 0.817. The van der Waals surface area contributed by atoms with Crippen LogP contribution in [0, 0.1) is 0 Å². The van der Waals surface area contributed by atoms with E-state index in [-0.39, 0.29) is 18.4 Å². The lowest BCUT2D eigenvalue weighted by molar-refractivity contribution is -0.137. The Morgan fingerprint density at radius 3 is 2.21 bits per heavy atom. The van der Waals surface area contributed by atoms with Gasteiger partial charge >= 0.3 is 5.97 Å². The molecule has 0 bridgehead atoms. The van der Waals surface area contributed by atoms with Crippen LogP contribution in [0.3, 0.4) is 0 Å². The molecule has 0 aliphatic heterocycles. The first-order valence-electron chi connectivity index (χ1n) is 7.80. The normalized spacial score (nSPS) is 11.8. The number of benzene rings is 2. The number of amides is 1. The second-order valence-corrected chi connectivity index (χ2v) is 5.73. The van der Waals surface area contributed by atoms with Crippen molar-refractivity contribution in [3.8, 4) is 5.75 Å². The maximum atomic E-state index is 12.3. The molecule has 5 nitrogen and oxygen atoms in total. The summed E-state index contributed by atoms with van der Waals surface area (Å²) in [6, 6.07) is 15.2. The van der Waals surface area contributed by atoms with E-state index >= 15 is 0 Å². The SMILES string of the molecule is CC(C)Oc1ccc([C@H](CC(=O)O)NC(=O)c2ccccc2)cc1. The lowest BCUT2D eigenvalue weighted by Crippen LogP contribution is -2.30. The van der Waals surface area contributed by atoms with Crippen LogP contribution in [0.15, 0.2) is 54.6 Å². The summed E-state index contributed by atoms with van der Waals surface area (Å²) in [5.41, 5.74) is 1.21. The van der Waals surface area contributed by atoms with Crippen molar-refractivity contribution in [3.05, 3.63) is 65.7 Å². The first kappa shape index (κ1) is 17.5. The average molecular weight is 327 g/mol. The third kappa shape index (κ3) is 5.12. The molecule has 0 fully saturated rings. The number of carboxylic acids is 1. The van der Waals surface area contributed by atoms with Crippen LogP contribution < -0.4 is 10.1 Å². The predicted molar refractivity (Wildman–Crippen MR) is 91.1 cm³/mol. The molecule has 0 aliphatic rings. The van der Waals surface area contributed by atoms with E-state index in [1.54, 1.807) is 48.5 Å². The minimum Gasteiger partial charge on any atom is -0.491 e. The van der Waals surface area contributed by atoms with Crippen LogP contribution in [-0.4, -0.2) is 23.1 Å². The van der Waals surface area contributed by atoms with Crippen LogP contribution in [0.4, 0.5) is 0 Å². The van der Waals surface area contributed by atoms with Gasteiger partial charge in [-0.05, 0) is 43.7 Å². The standard InChI is InChI=1S/C19H21NO4/c1-13(2)24-16-10-8-14(9-11-16)17(12-18(21)22)20-19(23)15-6-4-3-5-7-15/h3-11,13,17H,12H2,1-2H3,(H,20,23)(H,21,22)/t17-/m0/s1. The first-order valence-corrected chi connectivity index (χ1v) is 7.80. The Morgan fingerprint density at radius 1 is 1.04 bits per heavy atom. The third-order valence-corrected chi connectivity index (χ3v) is 3.37. The summed E-state index contributed by atoms with van der Waals surface area (Å²) < 4.78 is 5.58. The summed E-state index contributed by atoms with van der Waals surface area (Å²) in [6.07, 6.45) is -0.133. The molecule has 0 radical (unpaired) electrons. The molecule has 2 N–H and O–H groups in total. The van der Waals surface area contributed by atoms with E-state index in [1.807, 2.05) is 19.9 Å². The molecule has 126 valence electrons. The van der Waals surface area contributed by atoms with Crippen LogP contribution in [0.5, 0.6) is 5.75 Å². The minimum absolute atomic E-state index is 0.0587. The van der Waals surface area contributed by atoms with Crippen LogP contribution in [-0.2, 0) is 4.79 Å². The van der Waals surface area contributed by atoms with Crippen molar-refractivity contribution in [3.63, 3.8) is 0 Å². The van der Waals surface area contributed by atoms with Crippen molar-refractivity contribution < 1.29 is 19.4 Å². The molecule has 2 rings (SSSR count). The average Bonchev–Trinajstić information content (AvgIpc) is 2.55. The fourth-order valence-corrected chi connectivity index (χ4v) is 2.31.